The Morgan fingerprint density at radius 1 is 1.07 bits per heavy atom. The lowest BCUT2D eigenvalue weighted by molar-refractivity contribution is -0.164. The number of aliphatic hydroxyl groups excluding tert-OH is 1. The van der Waals surface area contributed by atoms with Gasteiger partial charge in [0, 0.05) is 20.1 Å². The number of methoxy groups -OCH3 is 2. The summed E-state index contributed by atoms with van der Waals surface area (Å²) in [5.41, 5.74) is 0. The lowest BCUT2D eigenvalue weighted by atomic mass is 9.80. The summed E-state index contributed by atoms with van der Waals surface area (Å²) in [5.74, 6) is 0.477. The van der Waals surface area contributed by atoms with Crippen molar-refractivity contribution in [2.24, 2.45) is 11.8 Å². The summed E-state index contributed by atoms with van der Waals surface area (Å²) in [6, 6.07) is 0. The maximum absolute atomic E-state index is 10.2. The lowest BCUT2D eigenvalue weighted by Gasteiger charge is -2.33. The van der Waals surface area contributed by atoms with Crippen molar-refractivity contribution in [1.82, 2.24) is 0 Å². The molecule has 15 heavy (non-hydrogen) atoms. The largest absolute Gasteiger partial charge is 0.392 e. The van der Waals surface area contributed by atoms with Gasteiger partial charge in [0.1, 0.15) is 0 Å². The Kier molecular flexibility index (Phi) is 5.58. The van der Waals surface area contributed by atoms with E-state index in [2.05, 4.69) is 0 Å². The van der Waals surface area contributed by atoms with Gasteiger partial charge in [-0.05, 0) is 18.8 Å². The Hall–Kier alpha value is -0.120. The van der Waals surface area contributed by atoms with E-state index in [-0.39, 0.29) is 18.3 Å². The highest BCUT2D eigenvalue weighted by Crippen LogP contribution is 2.31. The van der Waals surface area contributed by atoms with Crippen LogP contribution in [0.1, 0.15) is 39.0 Å². The predicted octanol–water partition coefficient (Wildman–Crippen LogP) is 2.18. The summed E-state index contributed by atoms with van der Waals surface area (Å²) in [6.45, 7) is 2.00. The van der Waals surface area contributed by atoms with Gasteiger partial charge in [-0.2, -0.15) is 0 Å². The van der Waals surface area contributed by atoms with E-state index in [1.54, 1.807) is 14.2 Å². The van der Waals surface area contributed by atoms with E-state index in [1.165, 1.54) is 19.3 Å². The zero-order valence-electron chi connectivity index (χ0n) is 10.1. The normalized spacial score (nSPS) is 23.0. The van der Waals surface area contributed by atoms with Crippen LogP contribution in [-0.4, -0.2) is 31.7 Å². The Balaban J connectivity index is 2.45. The van der Waals surface area contributed by atoms with Crippen LogP contribution in [0.3, 0.4) is 0 Å². The quantitative estimate of drug-likeness (QED) is 0.716. The average molecular weight is 216 g/mol. The maximum Gasteiger partial charge on any atom is 0.161 e. The summed E-state index contributed by atoms with van der Waals surface area (Å²) < 4.78 is 10.4. The molecule has 0 aromatic heterocycles. The number of ether oxygens (including phenoxy) is 2. The van der Waals surface area contributed by atoms with E-state index in [1.807, 2.05) is 6.92 Å². The fourth-order valence-corrected chi connectivity index (χ4v) is 2.59. The van der Waals surface area contributed by atoms with Crippen molar-refractivity contribution in [3.63, 3.8) is 0 Å². The highest BCUT2D eigenvalue weighted by molar-refractivity contribution is 4.78. The van der Waals surface area contributed by atoms with Crippen molar-refractivity contribution < 1.29 is 14.6 Å². The number of rotatable bonds is 5. The van der Waals surface area contributed by atoms with Crippen molar-refractivity contribution >= 4 is 0 Å². The Morgan fingerprint density at radius 3 is 2.07 bits per heavy atom. The van der Waals surface area contributed by atoms with Crippen molar-refractivity contribution in [1.29, 1.82) is 0 Å². The molecule has 0 bridgehead atoms. The molecule has 1 fully saturated rings. The summed E-state index contributed by atoms with van der Waals surface area (Å²) >= 11 is 0. The molecule has 90 valence electrons. The van der Waals surface area contributed by atoms with Gasteiger partial charge in [0.25, 0.3) is 0 Å². The smallest absolute Gasteiger partial charge is 0.161 e. The molecule has 1 N–H and O–H groups in total. The second kappa shape index (κ2) is 6.46. The first kappa shape index (κ1) is 12.9. The molecule has 0 radical (unpaired) electrons. The molecule has 1 saturated carbocycles. The zero-order valence-corrected chi connectivity index (χ0v) is 10.1. The van der Waals surface area contributed by atoms with Crippen LogP contribution >= 0.6 is 0 Å². The number of hydrogen-bond acceptors (Lipinski definition) is 3. The van der Waals surface area contributed by atoms with Crippen LogP contribution in [0.2, 0.25) is 0 Å². The summed E-state index contributed by atoms with van der Waals surface area (Å²) in [4.78, 5) is 0. The summed E-state index contributed by atoms with van der Waals surface area (Å²) in [5, 5.41) is 10.2. The second-order valence-electron chi connectivity index (χ2n) is 4.59. The molecule has 3 nitrogen and oxygen atoms in total. The van der Waals surface area contributed by atoms with Gasteiger partial charge in [0.05, 0.1) is 6.10 Å². The van der Waals surface area contributed by atoms with Gasteiger partial charge in [0.2, 0.25) is 0 Å². The average Bonchev–Trinajstić information content (AvgIpc) is 2.30. The minimum absolute atomic E-state index is 0.0445. The van der Waals surface area contributed by atoms with E-state index in [9.17, 15) is 5.11 Å². The van der Waals surface area contributed by atoms with Crippen LogP contribution < -0.4 is 0 Å². The fraction of sp³-hybridized carbons (Fsp3) is 1.00. The molecular formula is C12H24O3. The third-order valence-corrected chi connectivity index (χ3v) is 3.57. The molecule has 3 heteroatoms. The van der Waals surface area contributed by atoms with Crippen molar-refractivity contribution in [2.75, 3.05) is 14.2 Å². The topological polar surface area (TPSA) is 38.7 Å². The standard InChI is InChI=1S/C12H24O3/c1-9(12(14-2)15-3)11(13)10-7-5-4-6-8-10/h9-13H,4-8H2,1-3H3/t9-,11-/m0/s1. The van der Waals surface area contributed by atoms with E-state index in [0.29, 0.717) is 5.92 Å². The number of aliphatic hydroxyl groups is 1. The molecule has 1 aliphatic rings. The Bertz CT molecular complexity index is 162. The minimum Gasteiger partial charge on any atom is -0.392 e. The van der Waals surface area contributed by atoms with Gasteiger partial charge >= 0.3 is 0 Å². The Morgan fingerprint density at radius 2 is 1.60 bits per heavy atom. The molecule has 0 unspecified atom stereocenters. The molecule has 0 amide bonds. The maximum atomic E-state index is 10.2. The molecule has 2 atom stereocenters. The van der Waals surface area contributed by atoms with E-state index in [4.69, 9.17) is 9.47 Å². The van der Waals surface area contributed by atoms with E-state index < -0.39 is 0 Å². The second-order valence-corrected chi connectivity index (χ2v) is 4.59. The van der Waals surface area contributed by atoms with Crippen molar-refractivity contribution in [3.05, 3.63) is 0 Å². The molecule has 1 aliphatic carbocycles. The highest BCUT2D eigenvalue weighted by Gasteiger charge is 2.31. The third-order valence-electron chi connectivity index (χ3n) is 3.57. The summed E-state index contributed by atoms with van der Waals surface area (Å²) in [7, 11) is 3.25. The van der Waals surface area contributed by atoms with Gasteiger partial charge < -0.3 is 14.6 Å². The Labute approximate surface area is 92.8 Å². The first-order valence-electron chi connectivity index (χ1n) is 5.94. The molecule has 0 spiro atoms. The van der Waals surface area contributed by atoms with Crippen LogP contribution in [-0.2, 0) is 9.47 Å². The lowest BCUT2D eigenvalue weighted by Crippen LogP contribution is -2.37. The predicted molar refractivity (Wildman–Crippen MR) is 59.6 cm³/mol. The van der Waals surface area contributed by atoms with Gasteiger partial charge in [-0.25, -0.2) is 0 Å². The number of hydrogen-bond donors (Lipinski definition) is 1. The molecule has 0 aromatic rings. The molecule has 0 aromatic carbocycles. The summed E-state index contributed by atoms with van der Waals surface area (Å²) in [6.07, 6.45) is 5.52. The highest BCUT2D eigenvalue weighted by atomic mass is 16.7. The zero-order chi connectivity index (χ0) is 11.3. The first-order valence-corrected chi connectivity index (χ1v) is 5.94. The van der Waals surface area contributed by atoms with Crippen molar-refractivity contribution in [3.8, 4) is 0 Å². The van der Waals surface area contributed by atoms with Gasteiger partial charge in [-0.1, -0.05) is 26.2 Å². The molecule has 1 rings (SSSR count). The minimum atomic E-state index is -0.296. The van der Waals surface area contributed by atoms with Crippen LogP contribution in [0.5, 0.6) is 0 Å². The van der Waals surface area contributed by atoms with Crippen LogP contribution in [0, 0.1) is 11.8 Å². The van der Waals surface area contributed by atoms with Crippen LogP contribution in [0.15, 0.2) is 0 Å². The molecular weight excluding hydrogens is 192 g/mol. The molecule has 0 heterocycles. The van der Waals surface area contributed by atoms with Gasteiger partial charge in [-0.3, -0.25) is 0 Å². The van der Waals surface area contributed by atoms with E-state index in [0.717, 1.165) is 12.8 Å². The van der Waals surface area contributed by atoms with Crippen LogP contribution in [0.4, 0.5) is 0 Å². The van der Waals surface area contributed by atoms with Crippen molar-refractivity contribution in [2.45, 2.75) is 51.4 Å². The fourth-order valence-electron chi connectivity index (χ4n) is 2.59. The van der Waals surface area contributed by atoms with Crippen LogP contribution in [0.25, 0.3) is 0 Å². The van der Waals surface area contributed by atoms with E-state index >= 15 is 0 Å². The van der Waals surface area contributed by atoms with Gasteiger partial charge in [0.15, 0.2) is 6.29 Å². The van der Waals surface area contributed by atoms with Gasteiger partial charge in [-0.15, -0.1) is 0 Å². The molecule has 0 aliphatic heterocycles. The molecule has 0 saturated heterocycles. The SMILES string of the molecule is COC(OC)[C@@H](C)[C@H](O)C1CCCCC1. The first-order chi connectivity index (χ1) is 7.20. The monoisotopic (exact) mass is 216 g/mol. The third kappa shape index (κ3) is 3.44.